The molecule has 3 nitrogen and oxygen atoms in total. The molecule has 0 unspecified atom stereocenters. The van der Waals surface area contributed by atoms with E-state index in [9.17, 15) is 9.18 Å². The molecular formula is C5H10ClFN2O. The maximum Gasteiger partial charge on any atom is 0.237 e. The van der Waals surface area contributed by atoms with Gasteiger partial charge in [-0.2, -0.15) is 0 Å². The van der Waals surface area contributed by atoms with Crippen LogP contribution < -0.4 is 11.1 Å². The van der Waals surface area contributed by atoms with Crippen molar-refractivity contribution in [2.24, 2.45) is 5.73 Å². The zero-order valence-electron chi connectivity index (χ0n) is 5.34. The van der Waals surface area contributed by atoms with Crippen LogP contribution in [0.1, 0.15) is 6.42 Å². The van der Waals surface area contributed by atoms with E-state index in [0.29, 0.717) is 0 Å². The van der Waals surface area contributed by atoms with Crippen LogP contribution >= 0.6 is 12.4 Å². The number of amides is 1. The molecule has 1 saturated heterocycles. The Morgan fingerprint density at radius 3 is 2.70 bits per heavy atom. The molecule has 1 aliphatic heterocycles. The highest BCUT2D eigenvalue weighted by molar-refractivity contribution is 5.85. The molecule has 0 radical (unpaired) electrons. The summed E-state index contributed by atoms with van der Waals surface area (Å²) in [6.45, 7) is 0.118. The summed E-state index contributed by atoms with van der Waals surface area (Å²) in [5.74, 6) is -0.246. The van der Waals surface area contributed by atoms with Crippen LogP contribution in [0.4, 0.5) is 4.39 Å². The molecule has 1 amide bonds. The maximum absolute atomic E-state index is 12.3. The smallest absolute Gasteiger partial charge is 0.237 e. The first-order valence-corrected chi connectivity index (χ1v) is 2.87. The molecule has 0 aromatic heterocycles. The van der Waals surface area contributed by atoms with E-state index in [1.165, 1.54) is 0 Å². The maximum atomic E-state index is 12.3. The fourth-order valence-electron chi connectivity index (χ4n) is 0.808. The number of carbonyl (C=O) groups excluding carboxylic acids is 1. The first-order valence-electron chi connectivity index (χ1n) is 2.87. The highest BCUT2D eigenvalue weighted by atomic mass is 35.5. The number of hydrogen-bond donors (Lipinski definition) is 2. The van der Waals surface area contributed by atoms with E-state index in [4.69, 9.17) is 5.73 Å². The van der Waals surface area contributed by atoms with Gasteiger partial charge in [0.2, 0.25) is 5.91 Å². The summed E-state index contributed by atoms with van der Waals surface area (Å²) in [4.78, 5) is 10.5. The van der Waals surface area contributed by atoms with Crippen LogP contribution in [0, 0.1) is 0 Å². The Morgan fingerprint density at radius 1 is 1.70 bits per heavy atom. The average molecular weight is 169 g/mol. The summed E-state index contributed by atoms with van der Waals surface area (Å²) in [5, 5.41) is 2.34. The fourth-order valence-corrected chi connectivity index (χ4v) is 0.808. The second-order valence-corrected chi connectivity index (χ2v) is 2.18. The van der Waals surface area contributed by atoms with E-state index in [0.717, 1.165) is 0 Å². The Bertz CT molecular complexity index is 133. The number of halogens is 2. The van der Waals surface area contributed by atoms with Crippen molar-refractivity contribution in [1.29, 1.82) is 0 Å². The summed E-state index contributed by atoms with van der Waals surface area (Å²) >= 11 is 0. The molecule has 2 atom stereocenters. The number of carbonyl (C=O) groups is 1. The summed E-state index contributed by atoms with van der Waals surface area (Å²) < 4.78 is 12.3. The van der Waals surface area contributed by atoms with E-state index in [1.54, 1.807) is 0 Å². The van der Waals surface area contributed by atoms with Crippen LogP contribution in [0.5, 0.6) is 0 Å². The van der Waals surface area contributed by atoms with Crippen molar-refractivity contribution >= 4 is 18.3 Å². The van der Waals surface area contributed by atoms with Gasteiger partial charge in [0.1, 0.15) is 6.17 Å². The van der Waals surface area contributed by atoms with Gasteiger partial charge in [0.05, 0.1) is 6.04 Å². The highest BCUT2D eigenvalue weighted by Crippen LogP contribution is 2.04. The number of alkyl halides is 1. The van der Waals surface area contributed by atoms with Gasteiger partial charge >= 0.3 is 0 Å². The lowest BCUT2D eigenvalue weighted by Crippen LogP contribution is -2.49. The number of rotatable bonds is 0. The van der Waals surface area contributed by atoms with Crippen molar-refractivity contribution in [3.8, 4) is 0 Å². The molecule has 0 bridgehead atoms. The van der Waals surface area contributed by atoms with Gasteiger partial charge in [-0.15, -0.1) is 12.4 Å². The first-order chi connectivity index (χ1) is 4.20. The molecule has 10 heavy (non-hydrogen) atoms. The van der Waals surface area contributed by atoms with Crippen molar-refractivity contribution in [3.05, 3.63) is 0 Å². The summed E-state index contributed by atoms with van der Waals surface area (Å²) in [5.41, 5.74) is 5.22. The van der Waals surface area contributed by atoms with Crippen molar-refractivity contribution < 1.29 is 9.18 Å². The van der Waals surface area contributed by atoms with Gasteiger partial charge in [0, 0.05) is 13.0 Å². The predicted molar refractivity (Wildman–Crippen MR) is 37.7 cm³/mol. The van der Waals surface area contributed by atoms with Crippen LogP contribution in [-0.2, 0) is 4.79 Å². The second kappa shape index (κ2) is 3.73. The van der Waals surface area contributed by atoms with Crippen molar-refractivity contribution in [2.45, 2.75) is 18.6 Å². The van der Waals surface area contributed by atoms with Gasteiger partial charge in [0.25, 0.3) is 0 Å². The fraction of sp³-hybridized carbons (Fsp3) is 0.800. The lowest BCUT2D eigenvalue weighted by Gasteiger charge is -2.20. The SMILES string of the molecule is Cl.N[C@H]1C[C@H](F)CNC1=O. The van der Waals surface area contributed by atoms with Gasteiger partial charge < -0.3 is 11.1 Å². The van der Waals surface area contributed by atoms with Crippen molar-refractivity contribution in [2.75, 3.05) is 6.54 Å². The third kappa shape index (κ3) is 2.11. The van der Waals surface area contributed by atoms with Crippen LogP contribution in [0.25, 0.3) is 0 Å². The average Bonchev–Trinajstić information content (AvgIpc) is 1.80. The Hall–Kier alpha value is -0.350. The molecule has 0 aromatic carbocycles. The minimum absolute atomic E-state index is 0. The molecule has 1 aliphatic rings. The van der Waals surface area contributed by atoms with Crippen molar-refractivity contribution in [3.63, 3.8) is 0 Å². The van der Waals surface area contributed by atoms with Gasteiger partial charge in [-0.1, -0.05) is 0 Å². The van der Waals surface area contributed by atoms with Crippen LogP contribution in [-0.4, -0.2) is 24.7 Å². The zero-order chi connectivity index (χ0) is 6.85. The predicted octanol–water partition coefficient (Wildman–Crippen LogP) is -0.407. The lowest BCUT2D eigenvalue weighted by molar-refractivity contribution is -0.124. The molecule has 0 saturated carbocycles. The molecule has 0 aliphatic carbocycles. The van der Waals surface area contributed by atoms with Gasteiger partial charge in [0.15, 0.2) is 0 Å². The molecule has 1 rings (SSSR count). The van der Waals surface area contributed by atoms with E-state index in [2.05, 4.69) is 5.32 Å². The molecule has 3 N–H and O–H groups in total. The van der Waals surface area contributed by atoms with E-state index >= 15 is 0 Å². The third-order valence-electron chi connectivity index (χ3n) is 1.34. The number of piperidine rings is 1. The minimum atomic E-state index is -0.960. The monoisotopic (exact) mass is 168 g/mol. The normalized spacial score (nSPS) is 32.4. The Kier molecular flexibility index (Phi) is 3.60. The summed E-state index contributed by atoms with van der Waals surface area (Å²) in [6, 6.07) is -0.645. The standard InChI is InChI=1S/C5H9FN2O.ClH/c6-3-1-4(7)5(9)8-2-3;/h3-4H,1-2,7H2,(H,8,9);1H/t3-,4-;/m0./s1. The quantitative estimate of drug-likeness (QED) is 0.517. The van der Waals surface area contributed by atoms with E-state index < -0.39 is 12.2 Å². The summed E-state index contributed by atoms with van der Waals surface area (Å²) in [6.07, 6.45) is -0.802. The second-order valence-electron chi connectivity index (χ2n) is 2.18. The highest BCUT2D eigenvalue weighted by Gasteiger charge is 2.24. The van der Waals surface area contributed by atoms with E-state index in [1.807, 2.05) is 0 Å². The minimum Gasteiger partial charge on any atom is -0.352 e. The van der Waals surface area contributed by atoms with Crippen molar-refractivity contribution in [1.82, 2.24) is 5.32 Å². The van der Waals surface area contributed by atoms with Crippen LogP contribution in [0.2, 0.25) is 0 Å². The summed E-state index contributed by atoms with van der Waals surface area (Å²) in [7, 11) is 0. The molecule has 1 fully saturated rings. The number of nitrogens with one attached hydrogen (secondary N) is 1. The number of hydrogen-bond acceptors (Lipinski definition) is 2. The molecule has 1 heterocycles. The van der Waals surface area contributed by atoms with Gasteiger partial charge in [-0.3, -0.25) is 4.79 Å². The van der Waals surface area contributed by atoms with E-state index in [-0.39, 0.29) is 31.3 Å². The van der Waals surface area contributed by atoms with Gasteiger partial charge in [-0.25, -0.2) is 4.39 Å². The largest absolute Gasteiger partial charge is 0.352 e. The molecule has 60 valence electrons. The Balaban J connectivity index is 0.000000810. The Labute approximate surface area is 64.6 Å². The first kappa shape index (κ1) is 9.65. The zero-order valence-corrected chi connectivity index (χ0v) is 6.16. The van der Waals surface area contributed by atoms with Crippen LogP contribution in [0.3, 0.4) is 0 Å². The van der Waals surface area contributed by atoms with Gasteiger partial charge in [-0.05, 0) is 0 Å². The topological polar surface area (TPSA) is 55.1 Å². The van der Waals surface area contributed by atoms with Crippen LogP contribution in [0.15, 0.2) is 0 Å². The molecule has 0 spiro atoms. The molecular weight excluding hydrogens is 159 g/mol. The Morgan fingerprint density at radius 2 is 2.30 bits per heavy atom. The molecule has 0 aromatic rings. The number of nitrogens with two attached hydrogens (primary N) is 1. The molecule has 5 heteroatoms. The third-order valence-corrected chi connectivity index (χ3v) is 1.34. The lowest BCUT2D eigenvalue weighted by atomic mass is 10.1.